The van der Waals surface area contributed by atoms with Gasteiger partial charge in [-0.1, -0.05) is 19.1 Å². The van der Waals surface area contributed by atoms with Crippen LogP contribution in [0.3, 0.4) is 0 Å². The number of nitrogens with zero attached hydrogens (tertiary/aromatic N) is 10. The summed E-state index contributed by atoms with van der Waals surface area (Å²) in [4.78, 5) is 42.4. The molecular weight excluding hydrogens is 657 g/mol. The van der Waals surface area contributed by atoms with Gasteiger partial charge in [0.05, 0.1) is 22.8 Å². The van der Waals surface area contributed by atoms with Gasteiger partial charge in [-0.25, -0.2) is 9.97 Å². The number of anilines is 2. The number of carbonyl (C=O) groups excluding carboxylic acids is 2. The van der Waals surface area contributed by atoms with Gasteiger partial charge in [0.25, 0.3) is 11.8 Å². The Balaban J connectivity index is 0.000000133. The molecule has 2 amide bonds. The molecule has 0 atom stereocenters. The molecule has 8 heterocycles. The standard InChI is InChI=1S/C18H17N5OS.C17H15N5OS/c1-2-13-8-11-9-22(18(24)16(11)25-13)15-5-3-4-14(20-15)17-21-19-10-23(17)12-6-7-12;1-10-7-11-8-21(17(23)15(11)24-10)14-4-2-3-13(19-14)16-20-18-9-22(16)12-5-6-12/h3-5,8,10,12H,2,6-7,9H2,1H3;2-4,7,9,12H,5-6,8H2,1H3. The van der Waals surface area contributed by atoms with E-state index in [9.17, 15) is 9.59 Å². The first-order chi connectivity index (χ1) is 23.9. The van der Waals surface area contributed by atoms with Gasteiger partial charge in [-0.15, -0.1) is 43.1 Å². The fourth-order valence-corrected chi connectivity index (χ4v) is 8.45. The van der Waals surface area contributed by atoms with Crippen molar-refractivity contribution in [1.82, 2.24) is 39.5 Å². The van der Waals surface area contributed by atoms with E-state index in [1.165, 1.54) is 9.75 Å². The van der Waals surface area contributed by atoms with Crippen LogP contribution in [0.25, 0.3) is 23.0 Å². The Morgan fingerprint density at radius 2 is 1.22 bits per heavy atom. The predicted octanol–water partition coefficient (Wildman–Crippen LogP) is 6.66. The minimum atomic E-state index is 0.0383. The zero-order chi connectivity index (χ0) is 33.2. The predicted molar refractivity (Wildman–Crippen MR) is 187 cm³/mol. The van der Waals surface area contributed by atoms with Crippen molar-refractivity contribution in [2.75, 3.05) is 9.80 Å². The highest BCUT2D eigenvalue weighted by Gasteiger charge is 2.34. The smallest absolute Gasteiger partial charge is 0.270 e. The van der Waals surface area contributed by atoms with Crippen LogP contribution in [0.15, 0.2) is 61.2 Å². The lowest BCUT2D eigenvalue weighted by molar-refractivity contribution is 0.0991. The van der Waals surface area contributed by atoms with Crippen molar-refractivity contribution in [2.24, 2.45) is 0 Å². The van der Waals surface area contributed by atoms with E-state index in [1.54, 1.807) is 45.1 Å². The maximum Gasteiger partial charge on any atom is 0.270 e. The van der Waals surface area contributed by atoms with Crippen molar-refractivity contribution >= 4 is 46.1 Å². The number of carbonyl (C=O) groups is 2. The number of thiophene rings is 2. The number of aromatic nitrogens is 8. The second-order valence-corrected chi connectivity index (χ2v) is 15.2. The summed E-state index contributed by atoms with van der Waals surface area (Å²) < 4.78 is 4.17. The van der Waals surface area contributed by atoms with E-state index in [-0.39, 0.29) is 11.8 Å². The minimum Gasteiger partial charge on any atom is -0.309 e. The van der Waals surface area contributed by atoms with Crippen molar-refractivity contribution in [3.8, 4) is 23.0 Å². The van der Waals surface area contributed by atoms with Crippen LogP contribution in [0, 0.1) is 6.92 Å². The van der Waals surface area contributed by atoms with Gasteiger partial charge in [-0.3, -0.25) is 19.4 Å². The lowest BCUT2D eigenvalue weighted by atomic mass is 10.2. The van der Waals surface area contributed by atoms with Gasteiger partial charge in [0.2, 0.25) is 0 Å². The highest BCUT2D eigenvalue weighted by atomic mass is 32.1. The Bertz CT molecular complexity index is 2240. The molecule has 0 spiro atoms. The molecule has 2 aliphatic carbocycles. The van der Waals surface area contributed by atoms with Crippen molar-refractivity contribution in [3.05, 3.63) is 91.8 Å². The molecule has 6 aromatic heterocycles. The van der Waals surface area contributed by atoms with Crippen LogP contribution in [-0.4, -0.2) is 51.3 Å². The second kappa shape index (κ2) is 11.8. The molecule has 2 fully saturated rings. The molecule has 0 aromatic carbocycles. The van der Waals surface area contributed by atoms with Gasteiger partial charge in [0.15, 0.2) is 11.6 Å². The van der Waals surface area contributed by atoms with Gasteiger partial charge in [-0.05, 0) is 86.6 Å². The van der Waals surface area contributed by atoms with Crippen molar-refractivity contribution in [2.45, 2.75) is 71.1 Å². The van der Waals surface area contributed by atoms with Crippen LogP contribution in [0.4, 0.5) is 11.6 Å². The number of hydrogen-bond donors (Lipinski definition) is 0. The van der Waals surface area contributed by atoms with Gasteiger partial charge < -0.3 is 9.13 Å². The Labute approximate surface area is 290 Å². The molecule has 2 saturated carbocycles. The molecule has 246 valence electrons. The molecule has 6 aromatic rings. The zero-order valence-corrected chi connectivity index (χ0v) is 28.6. The summed E-state index contributed by atoms with van der Waals surface area (Å²) in [5, 5.41) is 16.5. The van der Waals surface area contributed by atoms with E-state index in [0.717, 1.165) is 76.0 Å². The lowest BCUT2D eigenvalue weighted by Crippen LogP contribution is -2.24. The molecule has 2 aliphatic heterocycles. The number of aryl methyl sites for hydroxylation is 2. The molecule has 12 nitrogen and oxygen atoms in total. The summed E-state index contributed by atoms with van der Waals surface area (Å²) in [5.41, 5.74) is 3.73. The average Bonchev–Trinajstić information content (AvgIpc) is 3.79. The number of rotatable bonds is 7. The fourth-order valence-electron chi connectivity index (χ4n) is 6.41. The van der Waals surface area contributed by atoms with E-state index in [0.29, 0.717) is 36.8 Å². The summed E-state index contributed by atoms with van der Waals surface area (Å²) in [5.74, 6) is 2.98. The maximum atomic E-state index is 12.8. The molecule has 0 saturated heterocycles. The molecule has 49 heavy (non-hydrogen) atoms. The van der Waals surface area contributed by atoms with Crippen molar-refractivity contribution in [1.29, 1.82) is 0 Å². The molecular formula is C35H32N10O2S2. The number of amides is 2. The van der Waals surface area contributed by atoms with Gasteiger partial charge in [-0.2, -0.15) is 0 Å². The lowest BCUT2D eigenvalue weighted by Gasteiger charge is -2.15. The zero-order valence-electron chi connectivity index (χ0n) is 27.0. The van der Waals surface area contributed by atoms with Crippen LogP contribution in [-0.2, 0) is 19.5 Å². The average molecular weight is 689 g/mol. The Morgan fingerprint density at radius 1 is 0.714 bits per heavy atom. The van der Waals surface area contributed by atoms with Crippen LogP contribution >= 0.6 is 22.7 Å². The van der Waals surface area contributed by atoms with Crippen LogP contribution in [0.1, 0.15) is 84.9 Å². The van der Waals surface area contributed by atoms with Crippen molar-refractivity contribution < 1.29 is 9.59 Å². The largest absolute Gasteiger partial charge is 0.309 e. The first-order valence-corrected chi connectivity index (χ1v) is 18.2. The Morgan fingerprint density at radius 3 is 1.69 bits per heavy atom. The molecule has 0 radical (unpaired) electrons. The number of fused-ring (bicyclic) bond motifs is 2. The summed E-state index contributed by atoms with van der Waals surface area (Å²) in [6.07, 6.45) is 9.15. The Hall–Kier alpha value is -5.08. The monoisotopic (exact) mass is 688 g/mol. The topological polar surface area (TPSA) is 128 Å². The second-order valence-electron chi connectivity index (χ2n) is 12.8. The van der Waals surface area contributed by atoms with Gasteiger partial charge in [0.1, 0.15) is 35.7 Å². The van der Waals surface area contributed by atoms with E-state index in [2.05, 4.69) is 53.6 Å². The maximum absolute atomic E-state index is 12.8. The molecule has 10 rings (SSSR count). The summed E-state index contributed by atoms with van der Waals surface area (Å²) in [7, 11) is 0. The minimum absolute atomic E-state index is 0.0383. The highest BCUT2D eigenvalue weighted by Crippen LogP contribution is 2.39. The number of pyridine rings is 2. The van der Waals surface area contributed by atoms with Crippen LogP contribution < -0.4 is 9.80 Å². The fraction of sp³-hybridized carbons (Fsp3) is 0.314. The van der Waals surface area contributed by atoms with Gasteiger partial charge >= 0.3 is 0 Å². The molecule has 0 bridgehead atoms. The van der Waals surface area contributed by atoms with E-state index < -0.39 is 0 Å². The molecule has 4 aliphatic rings. The third kappa shape index (κ3) is 5.44. The van der Waals surface area contributed by atoms with Gasteiger partial charge in [0, 0.05) is 21.8 Å². The molecule has 0 N–H and O–H groups in total. The summed E-state index contributed by atoms with van der Waals surface area (Å²) >= 11 is 3.15. The molecule has 14 heteroatoms. The number of hydrogen-bond acceptors (Lipinski definition) is 10. The van der Waals surface area contributed by atoms with Crippen LogP contribution in [0.2, 0.25) is 0 Å². The van der Waals surface area contributed by atoms with Crippen molar-refractivity contribution in [3.63, 3.8) is 0 Å². The highest BCUT2D eigenvalue weighted by molar-refractivity contribution is 7.14. The normalized spacial score (nSPS) is 16.6. The Kier molecular flexibility index (Phi) is 7.23. The molecule has 0 unspecified atom stereocenters. The first kappa shape index (κ1) is 30.0. The van der Waals surface area contributed by atoms with E-state index in [1.807, 2.05) is 43.3 Å². The first-order valence-electron chi connectivity index (χ1n) is 16.5. The quantitative estimate of drug-likeness (QED) is 0.182. The third-order valence-electron chi connectivity index (χ3n) is 9.18. The third-order valence-corrected chi connectivity index (χ3v) is 11.6. The van der Waals surface area contributed by atoms with E-state index in [4.69, 9.17) is 4.98 Å². The SMILES string of the molecule is CCc1cc2c(s1)C(=O)N(c1cccc(-c3nncn3C3CC3)n1)C2.Cc1cc2c(s1)C(=O)N(c1cccc(-c3nncn3C3CC3)n1)C2. The van der Waals surface area contributed by atoms with E-state index >= 15 is 0 Å². The van der Waals surface area contributed by atoms with Crippen LogP contribution in [0.5, 0.6) is 0 Å². The summed E-state index contributed by atoms with van der Waals surface area (Å²) in [6.45, 7) is 5.33. The summed E-state index contributed by atoms with van der Waals surface area (Å²) in [6, 6.07) is 16.7.